The molecule has 5 nitrogen and oxygen atoms in total. The smallest absolute Gasteiger partial charge is 0.341 e. The second kappa shape index (κ2) is 6.58. The first-order valence-electron chi connectivity index (χ1n) is 6.56. The molecular formula is C15H17NO4S. The van der Waals surface area contributed by atoms with E-state index in [4.69, 9.17) is 9.15 Å². The van der Waals surface area contributed by atoms with Crippen molar-refractivity contribution < 1.29 is 18.7 Å². The Morgan fingerprint density at radius 2 is 2.19 bits per heavy atom. The number of thiophene rings is 1. The van der Waals surface area contributed by atoms with Gasteiger partial charge in [-0.3, -0.25) is 4.79 Å². The molecule has 2 rings (SSSR count). The van der Waals surface area contributed by atoms with E-state index in [1.54, 1.807) is 12.1 Å². The number of nitrogens with one attached hydrogen (secondary N) is 1. The number of amides is 1. The summed E-state index contributed by atoms with van der Waals surface area (Å²) >= 11 is 1.31. The van der Waals surface area contributed by atoms with Crippen LogP contribution >= 0.6 is 11.3 Å². The topological polar surface area (TPSA) is 68.5 Å². The number of methoxy groups -OCH3 is 1. The summed E-state index contributed by atoms with van der Waals surface area (Å²) < 4.78 is 9.86. The van der Waals surface area contributed by atoms with Gasteiger partial charge in [0.2, 0.25) is 0 Å². The van der Waals surface area contributed by atoms with Crippen molar-refractivity contribution in [2.24, 2.45) is 5.92 Å². The fraction of sp³-hybridized carbons (Fsp3) is 0.333. The molecule has 0 unspecified atom stereocenters. The van der Waals surface area contributed by atoms with E-state index in [1.165, 1.54) is 24.7 Å². The van der Waals surface area contributed by atoms with Gasteiger partial charge in [0.1, 0.15) is 5.00 Å². The molecule has 1 N–H and O–H groups in total. The van der Waals surface area contributed by atoms with Crippen molar-refractivity contribution in [3.8, 4) is 0 Å². The lowest BCUT2D eigenvalue weighted by Crippen LogP contribution is -2.14. The standard InChI is InChI=1S/C15H17NO4S/c1-9(2)7-10-8-21-14(12(10)15(18)19-3)16-13(17)11-5-4-6-20-11/h4-6,8-9H,7H2,1-3H3,(H,16,17). The van der Waals surface area contributed by atoms with Gasteiger partial charge >= 0.3 is 5.97 Å². The SMILES string of the molecule is COC(=O)c1c(CC(C)C)csc1NC(=O)c1ccco1. The highest BCUT2D eigenvalue weighted by Crippen LogP contribution is 2.31. The minimum Gasteiger partial charge on any atom is -0.465 e. The lowest BCUT2D eigenvalue weighted by molar-refractivity contribution is 0.0601. The number of furan rings is 1. The lowest BCUT2D eigenvalue weighted by atomic mass is 10.0. The Labute approximate surface area is 126 Å². The van der Waals surface area contributed by atoms with E-state index in [0.717, 1.165) is 12.0 Å². The lowest BCUT2D eigenvalue weighted by Gasteiger charge is -2.08. The highest BCUT2D eigenvalue weighted by molar-refractivity contribution is 7.15. The van der Waals surface area contributed by atoms with Gasteiger partial charge in [0.25, 0.3) is 5.91 Å². The first-order valence-corrected chi connectivity index (χ1v) is 7.44. The molecule has 0 saturated heterocycles. The van der Waals surface area contributed by atoms with Crippen LogP contribution in [0.4, 0.5) is 5.00 Å². The van der Waals surface area contributed by atoms with Gasteiger partial charge in [0, 0.05) is 0 Å². The molecule has 0 aliphatic rings. The van der Waals surface area contributed by atoms with Gasteiger partial charge in [-0.25, -0.2) is 4.79 Å². The molecule has 0 aliphatic carbocycles. The number of hydrogen-bond acceptors (Lipinski definition) is 5. The van der Waals surface area contributed by atoms with E-state index in [9.17, 15) is 9.59 Å². The fourth-order valence-electron chi connectivity index (χ4n) is 1.97. The normalized spacial score (nSPS) is 10.7. The van der Waals surface area contributed by atoms with Gasteiger partial charge in [-0.15, -0.1) is 11.3 Å². The number of hydrogen-bond donors (Lipinski definition) is 1. The van der Waals surface area contributed by atoms with Crippen LogP contribution in [0.25, 0.3) is 0 Å². The molecule has 0 aromatic carbocycles. The third kappa shape index (κ3) is 3.52. The Balaban J connectivity index is 2.28. The molecule has 0 atom stereocenters. The molecule has 0 bridgehead atoms. The number of carbonyl (C=O) groups is 2. The molecule has 2 heterocycles. The van der Waals surface area contributed by atoms with E-state index in [-0.39, 0.29) is 11.7 Å². The third-order valence-electron chi connectivity index (χ3n) is 2.86. The van der Waals surface area contributed by atoms with Gasteiger partial charge in [0.15, 0.2) is 5.76 Å². The monoisotopic (exact) mass is 307 g/mol. The minimum absolute atomic E-state index is 0.199. The van der Waals surface area contributed by atoms with Crippen molar-refractivity contribution >= 4 is 28.2 Å². The molecule has 0 radical (unpaired) electrons. The number of anilines is 1. The average Bonchev–Trinajstić information content (AvgIpc) is 3.07. The molecule has 21 heavy (non-hydrogen) atoms. The van der Waals surface area contributed by atoms with E-state index in [1.807, 2.05) is 5.38 Å². The van der Waals surface area contributed by atoms with Gasteiger partial charge in [-0.05, 0) is 35.4 Å². The van der Waals surface area contributed by atoms with Crippen LogP contribution in [-0.4, -0.2) is 19.0 Å². The molecule has 2 aromatic heterocycles. The van der Waals surface area contributed by atoms with Crippen LogP contribution in [0.1, 0.15) is 40.3 Å². The van der Waals surface area contributed by atoms with Crippen molar-refractivity contribution in [3.63, 3.8) is 0 Å². The highest BCUT2D eigenvalue weighted by atomic mass is 32.1. The Morgan fingerprint density at radius 1 is 1.43 bits per heavy atom. The zero-order chi connectivity index (χ0) is 15.4. The number of carbonyl (C=O) groups excluding carboxylic acids is 2. The van der Waals surface area contributed by atoms with Crippen LogP contribution in [0, 0.1) is 5.92 Å². The molecule has 1 amide bonds. The van der Waals surface area contributed by atoms with Gasteiger partial charge in [0.05, 0.1) is 18.9 Å². The summed E-state index contributed by atoms with van der Waals surface area (Å²) in [6, 6.07) is 3.20. The summed E-state index contributed by atoms with van der Waals surface area (Å²) in [5, 5.41) is 5.07. The van der Waals surface area contributed by atoms with Crippen LogP contribution in [0.5, 0.6) is 0 Å². The van der Waals surface area contributed by atoms with E-state index < -0.39 is 5.97 Å². The van der Waals surface area contributed by atoms with Crippen LogP contribution in [-0.2, 0) is 11.2 Å². The molecule has 6 heteroatoms. The number of rotatable bonds is 5. The number of ether oxygens (including phenoxy) is 1. The first kappa shape index (κ1) is 15.3. The largest absolute Gasteiger partial charge is 0.465 e. The Bertz CT molecular complexity index is 628. The first-order chi connectivity index (χ1) is 10.0. The molecule has 112 valence electrons. The van der Waals surface area contributed by atoms with E-state index in [2.05, 4.69) is 19.2 Å². The van der Waals surface area contributed by atoms with Crippen molar-refractivity contribution in [2.45, 2.75) is 20.3 Å². The maximum absolute atomic E-state index is 12.0. The van der Waals surface area contributed by atoms with Crippen LogP contribution in [0.2, 0.25) is 0 Å². The van der Waals surface area contributed by atoms with Gasteiger partial charge in [-0.1, -0.05) is 13.8 Å². The minimum atomic E-state index is -0.443. The zero-order valence-electron chi connectivity index (χ0n) is 12.1. The molecule has 0 saturated carbocycles. The predicted molar refractivity (Wildman–Crippen MR) is 80.9 cm³/mol. The quantitative estimate of drug-likeness (QED) is 0.857. The zero-order valence-corrected chi connectivity index (χ0v) is 13.0. The average molecular weight is 307 g/mol. The van der Waals surface area contributed by atoms with Crippen molar-refractivity contribution in [3.05, 3.63) is 40.7 Å². The van der Waals surface area contributed by atoms with Crippen LogP contribution < -0.4 is 5.32 Å². The molecule has 0 spiro atoms. The number of esters is 1. The molecule has 2 aromatic rings. The maximum Gasteiger partial charge on any atom is 0.341 e. The maximum atomic E-state index is 12.0. The summed E-state index contributed by atoms with van der Waals surface area (Å²) in [6.07, 6.45) is 2.17. The Hall–Kier alpha value is -2.08. The summed E-state index contributed by atoms with van der Waals surface area (Å²) in [5.41, 5.74) is 1.31. The molecular weight excluding hydrogens is 290 g/mol. The summed E-state index contributed by atoms with van der Waals surface area (Å²) in [5.74, 6) is -0.231. The second-order valence-electron chi connectivity index (χ2n) is 4.99. The summed E-state index contributed by atoms with van der Waals surface area (Å²) in [7, 11) is 1.33. The van der Waals surface area contributed by atoms with Crippen LogP contribution in [0.3, 0.4) is 0 Å². The van der Waals surface area contributed by atoms with E-state index in [0.29, 0.717) is 16.5 Å². The predicted octanol–water partition coefficient (Wildman–Crippen LogP) is 3.58. The summed E-state index contributed by atoms with van der Waals surface area (Å²) in [6.45, 7) is 4.14. The summed E-state index contributed by atoms with van der Waals surface area (Å²) in [4.78, 5) is 24.0. The molecule has 0 aliphatic heterocycles. The van der Waals surface area contributed by atoms with Gasteiger partial charge < -0.3 is 14.5 Å². The van der Waals surface area contributed by atoms with Gasteiger partial charge in [-0.2, -0.15) is 0 Å². The van der Waals surface area contributed by atoms with Crippen LogP contribution in [0.15, 0.2) is 28.2 Å². The Kier molecular flexibility index (Phi) is 4.80. The Morgan fingerprint density at radius 3 is 2.76 bits per heavy atom. The third-order valence-corrected chi connectivity index (χ3v) is 3.80. The van der Waals surface area contributed by atoms with E-state index >= 15 is 0 Å². The second-order valence-corrected chi connectivity index (χ2v) is 5.87. The van der Waals surface area contributed by atoms with Crippen molar-refractivity contribution in [1.82, 2.24) is 0 Å². The fourth-order valence-corrected chi connectivity index (χ4v) is 2.93. The molecule has 0 fully saturated rings. The highest BCUT2D eigenvalue weighted by Gasteiger charge is 2.22. The van der Waals surface area contributed by atoms with Crippen molar-refractivity contribution in [1.29, 1.82) is 0 Å². The van der Waals surface area contributed by atoms with Crippen molar-refractivity contribution in [2.75, 3.05) is 12.4 Å².